The molecule has 2 rings (SSSR count). The summed E-state index contributed by atoms with van der Waals surface area (Å²) in [6.45, 7) is 3.69. The number of hydrogen-bond donors (Lipinski definition) is 2. The second kappa shape index (κ2) is 5.67. The Bertz CT molecular complexity index is 478. The Balaban J connectivity index is 2.03. The third-order valence-electron chi connectivity index (χ3n) is 3.70. The van der Waals surface area contributed by atoms with E-state index < -0.39 is 5.91 Å². The third-order valence-corrected chi connectivity index (χ3v) is 3.70. The molecule has 1 amide bonds. The number of nitrogens with zero attached hydrogens (tertiary/aromatic N) is 1. The number of hydrogen-bond acceptors (Lipinski definition) is 3. The van der Waals surface area contributed by atoms with E-state index in [4.69, 9.17) is 5.84 Å². The number of halogens is 1. The molecule has 2 unspecified atom stereocenters. The van der Waals surface area contributed by atoms with Crippen LogP contribution in [0.25, 0.3) is 0 Å². The molecular weight excluding hydrogens is 245 g/mol. The van der Waals surface area contributed by atoms with E-state index in [1.807, 2.05) is 7.05 Å². The van der Waals surface area contributed by atoms with Crippen molar-refractivity contribution in [3.8, 4) is 0 Å². The molecule has 0 heterocycles. The standard InChI is InChI=1S/C14H20FN3O/c1-9-5-11(9)7-18(2)8-12-6-10(14(19)17-16)3-4-13(12)15/h3-4,6,9,11H,5,7-8,16H2,1-2H3,(H,17,19). The minimum atomic E-state index is -0.403. The highest BCUT2D eigenvalue weighted by molar-refractivity contribution is 5.93. The SMILES string of the molecule is CC1CC1CN(C)Cc1cc(C(=O)NN)ccc1F. The van der Waals surface area contributed by atoms with Crippen LogP contribution in [0.5, 0.6) is 0 Å². The molecule has 0 saturated heterocycles. The molecule has 0 bridgehead atoms. The van der Waals surface area contributed by atoms with Gasteiger partial charge in [-0.15, -0.1) is 0 Å². The van der Waals surface area contributed by atoms with Crippen molar-refractivity contribution >= 4 is 5.91 Å². The molecule has 4 nitrogen and oxygen atoms in total. The van der Waals surface area contributed by atoms with Crippen LogP contribution in [-0.2, 0) is 6.54 Å². The molecule has 1 saturated carbocycles. The molecular formula is C14H20FN3O. The highest BCUT2D eigenvalue weighted by Gasteiger charge is 2.33. The predicted octanol–water partition coefficient (Wildman–Crippen LogP) is 1.52. The molecule has 1 aliphatic carbocycles. The quantitative estimate of drug-likeness (QED) is 0.482. The summed E-state index contributed by atoms with van der Waals surface area (Å²) in [6, 6.07) is 4.31. The number of nitrogens with one attached hydrogen (secondary N) is 1. The summed E-state index contributed by atoms with van der Waals surface area (Å²) in [5.74, 6) is 5.89. The van der Waals surface area contributed by atoms with E-state index in [9.17, 15) is 9.18 Å². The maximum absolute atomic E-state index is 13.7. The highest BCUT2D eigenvalue weighted by Crippen LogP contribution is 2.38. The average Bonchev–Trinajstić information content (AvgIpc) is 3.06. The lowest BCUT2D eigenvalue weighted by atomic mass is 10.1. The van der Waals surface area contributed by atoms with Gasteiger partial charge in [0.1, 0.15) is 5.82 Å². The van der Waals surface area contributed by atoms with Crippen LogP contribution in [0.1, 0.15) is 29.3 Å². The van der Waals surface area contributed by atoms with Gasteiger partial charge in [0.05, 0.1) is 0 Å². The largest absolute Gasteiger partial charge is 0.302 e. The lowest BCUT2D eigenvalue weighted by Gasteiger charge is -2.17. The fourth-order valence-corrected chi connectivity index (χ4v) is 2.33. The van der Waals surface area contributed by atoms with Gasteiger partial charge in [-0.25, -0.2) is 10.2 Å². The average molecular weight is 265 g/mol. The van der Waals surface area contributed by atoms with Crippen LogP contribution in [0.2, 0.25) is 0 Å². The van der Waals surface area contributed by atoms with Crippen LogP contribution in [0.4, 0.5) is 4.39 Å². The van der Waals surface area contributed by atoms with E-state index >= 15 is 0 Å². The van der Waals surface area contributed by atoms with Crippen molar-refractivity contribution in [2.24, 2.45) is 17.7 Å². The molecule has 2 atom stereocenters. The lowest BCUT2D eigenvalue weighted by Crippen LogP contribution is -2.30. The normalized spacial score (nSPS) is 21.5. The second-order valence-electron chi connectivity index (χ2n) is 5.45. The number of benzene rings is 1. The molecule has 1 aromatic carbocycles. The Kier molecular flexibility index (Phi) is 4.17. The number of amides is 1. The Morgan fingerprint density at radius 2 is 2.26 bits per heavy atom. The Labute approximate surface area is 112 Å². The van der Waals surface area contributed by atoms with E-state index in [0.29, 0.717) is 17.7 Å². The predicted molar refractivity (Wildman–Crippen MR) is 71.7 cm³/mol. The van der Waals surface area contributed by atoms with Gasteiger partial charge in [0.25, 0.3) is 5.91 Å². The summed E-state index contributed by atoms with van der Waals surface area (Å²) in [5.41, 5.74) is 2.96. The molecule has 5 heteroatoms. The summed E-state index contributed by atoms with van der Waals surface area (Å²) in [7, 11) is 1.97. The minimum Gasteiger partial charge on any atom is -0.302 e. The van der Waals surface area contributed by atoms with Crippen LogP contribution in [0.3, 0.4) is 0 Å². The van der Waals surface area contributed by atoms with E-state index in [1.165, 1.54) is 18.6 Å². The molecule has 1 fully saturated rings. The summed E-state index contributed by atoms with van der Waals surface area (Å²) in [6.07, 6.45) is 1.25. The molecule has 0 radical (unpaired) electrons. The smallest absolute Gasteiger partial charge is 0.265 e. The zero-order valence-corrected chi connectivity index (χ0v) is 11.3. The number of rotatable bonds is 5. The maximum Gasteiger partial charge on any atom is 0.265 e. The van der Waals surface area contributed by atoms with Crippen molar-refractivity contribution in [2.45, 2.75) is 19.9 Å². The molecule has 1 aromatic rings. The topological polar surface area (TPSA) is 58.4 Å². The van der Waals surface area contributed by atoms with Crippen LogP contribution < -0.4 is 11.3 Å². The van der Waals surface area contributed by atoms with Gasteiger partial charge >= 0.3 is 0 Å². The van der Waals surface area contributed by atoms with Gasteiger partial charge in [0.2, 0.25) is 0 Å². The van der Waals surface area contributed by atoms with Gasteiger partial charge in [-0.05, 0) is 43.5 Å². The van der Waals surface area contributed by atoms with Crippen LogP contribution in [0, 0.1) is 17.7 Å². The fourth-order valence-electron chi connectivity index (χ4n) is 2.33. The summed E-state index contributed by atoms with van der Waals surface area (Å²) < 4.78 is 13.7. The Morgan fingerprint density at radius 3 is 2.84 bits per heavy atom. The molecule has 3 N–H and O–H groups in total. The number of carbonyl (C=O) groups is 1. The van der Waals surface area contributed by atoms with Crippen molar-refractivity contribution in [1.29, 1.82) is 0 Å². The van der Waals surface area contributed by atoms with Crippen molar-refractivity contribution < 1.29 is 9.18 Å². The lowest BCUT2D eigenvalue weighted by molar-refractivity contribution is 0.0953. The first-order valence-electron chi connectivity index (χ1n) is 6.49. The number of nitrogen functional groups attached to an aromatic ring is 1. The molecule has 104 valence electrons. The first-order valence-corrected chi connectivity index (χ1v) is 6.49. The molecule has 0 aliphatic heterocycles. The third kappa shape index (κ3) is 3.52. The summed E-state index contributed by atoms with van der Waals surface area (Å²) >= 11 is 0. The Hall–Kier alpha value is -1.46. The number of carbonyl (C=O) groups excluding carboxylic acids is 1. The first kappa shape index (κ1) is 14.0. The zero-order valence-electron chi connectivity index (χ0n) is 11.3. The van der Waals surface area contributed by atoms with E-state index in [-0.39, 0.29) is 5.82 Å². The van der Waals surface area contributed by atoms with Crippen molar-refractivity contribution in [1.82, 2.24) is 10.3 Å². The molecule has 19 heavy (non-hydrogen) atoms. The molecule has 0 spiro atoms. The van der Waals surface area contributed by atoms with E-state index in [2.05, 4.69) is 17.2 Å². The van der Waals surface area contributed by atoms with E-state index in [1.54, 1.807) is 6.07 Å². The van der Waals surface area contributed by atoms with Gasteiger partial charge in [-0.2, -0.15) is 0 Å². The van der Waals surface area contributed by atoms with Crippen molar-refractivity contribution in [3.05, 3.63) is 35.1 Å². The van der Waals surface area contributed by atoms with Crippen LogP contribution in [-0.4, -0.2) is 24.4 Å². The van der Waals surface area contributed by atoms with Gasteiger partial charge < -0.3 is 4.90 Å². The Morgan fingerprint density at radius 1 is 1.58 bits per heavy atom. The van der Waals surface area contributed by atoms with Crippen LogP contribution in [0.15, 0.2) is 18.2 Å². The molecule has 0 aromatic heterocycles. The number of hydrazine groups is 1. The fraction of sp³-hybridized carbons (Fsp3) is 0.500. The highest BCUT2D eigenvalue weighted by atomic mass is 19.1. The summed E-state index contributed by atoms with van der Waals surface area (Å²) in [4.78, 5) is 13.5. The second-order valence-corrected chi connectivity index (χ2v) is 5.45. The van der Waals surface area contributed by atoms with Crippen molar-refractivity contribution in [3.63, 3.8) is 0 Å². The summed E-state index contributed by atoms with van der Waals surface area (Å²) in [5, 5.41) is 0. The van der Waals surface area contributed by atoms with Gasteiger partial charge in [0, 0.05) is 24.2 Å². The maximum atomic E-state index is 13.7. The van der Waals surface area contributed by atoms with E-state index in [0.717, 1.165) is 18.4 Å². The van der Waals surface area contributed by atoms with Gasteiger partial charge in [-0.1, -0.05) is 6.92 Å². The van der Waals surface area contributed by atoms with Gasteiger partial charge in [-0.3, -0.25) is 10.2 Å². The van der Waals surface area contributed by atoms with Gasteiger partial charge in [0.15, 0.2) is 0 Å². The minimum absolute atomic E-state index is 0.288. The molecule has 1 aliphatic rings. The zero-order chi connectivity index (χ0) is 14.0. The number of nitrogens with two attached hydrogens (primary N) is 1. The first-order chi connectivity index (χ1) is 9.01. The van der Waals surface area contributed by atoms with Crippen LogP contribution >= 0.6 is 0 Å². The van der Waals surface area contributed by atoms with Crippen molar-refractivity contribution in [2.75, 3.05) is 13.6 Å². The monoisotopic (exact) mass is 265 g/mol.